The van der Waals surface area contributed by atoms with Crippen LogP contribution in [0.1, 0.15) is 41.0 Å². The fourth-order valence-electron chi connectivity index (χ4n) is 1.92. The number of carbonyl (C=O) groups is 1. The fourth-order valence-corrected chi connectivity index (χ4v) is 1.92. The first-order valence-corrected chi connectivity index (χ1v) is 5.72. The first-order valence-electron chi connectivity index (χ1n) is 5.72. The lowest BCUT2D eigenvalue weighted by Crippen LogP contribution is -2.58. The standard InChI is InChI=1S/C12H24N2O/c1-11(2,3)8-10(15)14-7-6-13-12(4,5)9-14/h13H,6-9H2,1-5H3. The van der Waals surface area contributed by atoms with Crippen molar-refractivity contribution in [2.75, 3.05) is 19.6 Å². The summed E-state index contributed by atoms with van der Waals surface area (Å²) in [6.07, 6.45) is 0.642. The maximum Gasteiger partial charge on any atom is 0.223 e. The van der Waals surface area contributed by atoms with Crippen molar-refractivity contribution in [3.05, 3.63) is 0 Å². The molecule has 0 aliphatic carbocycles. The zero-order valence-electron chi connectivity index (χ0n) is 10.7. The number of nitrogens with one attached hydrogen (secondary N) is 1. The van der Waals surface area contributed by atoms with Crippen molar-refractivity contribution < 1.29 is 4.79 Å². The number of carbonyl (C=O) groups excluding carboxylic acids is 1. The zero-order valence-corrected chi connectivity index (χ0v) is 10.7. The van der Waals surface area contributed by atoms with Crippen LogP contribution in [0.5, 0.6) is 0 Å². The van der Waals surface area contributed by atoms with Crippen molar-refractivity contribution >= 4 is 5.91 Å². The largest absolute Gasteiger partial charge is 0.340 e. The van der Waals surface area contributed by atoms with Crippen LogP contribution in [0.3, 0.4) is 0 Å². The van der Waals surface area contributed by atoms with E-state index in [0.717, 1.165) is 19.6 Å². The van der Waals surface area contributed by atoms with E-state index in [1.165, 1.54) is 0 Å². The highest BCUT2D eigenvalue weighted by Crippen LogP contribution is 2.21. The van der Waals surface area contributed by atoms with E-state index in [-0.39, 0.29) is 16.9 Å². The molecule has 0 atom stereocenters. The van der Waals surface area contributed by atoms with Crippen LogP contribution >= 0.6 is 0 Å². The molecule has 0 spiro atoms. The quantitative estimate of drug-likeness (QED) is 0.716. The van der Waals surface area contributed by atoms with Gasteiger partial charge in [-0.25, -0.2) is 0 Å². The molecule has 1 amide bonds. The van der Waals surface area contributed by atoms with Crippen molar-refractivity contribution in [2.45, 2.75) is 46.6 Å². The highest BCUT2D eigenvalue weighted by atomic mass is 16.2. The van der Waals surface area contributed by atoms with Crippen LogP contribution in [-0.4, -0.2) is 36.0 Å². The minimum atomic E-state index is 0.0613. The van der Waals surface area contributed by atoms with Crippen molar-refractivity contribution in [1.82, 2.24) is 10.2 Å². The molecule has 1 N–H and O–H groups in total. The Morgan fingerprint density at radius 1 is 1.40 bits per heavy atom. The number of hydrogen-bond donors (Lipinski definition) is 1. The van der Waals surface area contributed by atoms with E-state index >= 15 is 0 Å². The van der Waals surface area contributed by atoms with Crippen molar-refractivity contribution in [2.24, 2.45) is 5.41 Å². The van der Waals surface area contributed by atoms with Gasteiger partial charge >= 0.3 is 0 Å². The highest BCUT2D eigenvalue weighted by molar-refractivity contribution is 5.77. The van der Waals surface area contributed by atoms with Gasteiger partial charge in [-0.1, -0.05) is 20.8 Å². The Balaban J connectivity index is 2.53. The van der Waals surface area contributed by atoms with E-state index in [1.807, 2.05) is 4.90 Å². The van der Waals surface area contributed by atoms with E-state index in [2.05, 4.69) is 39.9 Å². The SMILES string of the molecule is CC(C)(C)CC(=O)N1CCNC(C)(C)C1. The lowest BCUT2D eigenvalue weighted by molar-refractivity contribution is -0.135. The van der Waals surface area contributed by atoms with E-state index in [4.69, 9.17) is 0 Å². The minimum absolute atomic E-state index is 0.0613. The van der Waals surface area contributed by atoms with Crippen molar-refractivity contribution in [1.29, 1.82) is 0 Å². The lowest BCUT2D eigenvalue weighted by atomic mass is 9.91. The molecule has 1 rings (SSSR count). The maximum atomic E-state index is 12.0. The van der Waals surface area contributed by atoms with Gasteiger partial charge in [0.15, 0.2) is 0 Å². The van der Waals surface area contributed by atoms with Crippen LogP contribution in [0.2, 0.25) is 0 Å². The Hall–Kier alpha value is -0.570. The smallest absolute Gasteiger partial charge is 0.223 e. The molecule has 0 aromatic heterocycles. The number of piperazine rings is 1. The highest BCUT2D eigenvalue weighted by Gasteiger charge is 2.30. The summed E-state index contributed by atoms with van der Waals surface area (Å²) < 4.78 is 0. The Kier molecular flexibility index (Phi) is 3.44. The molecule has 1 fully saturated rings. The topological polar surface area (TPSA) is 32.3 Å². The summed E-state index contributed by atoms with van der Waals surface area (Å²) in [4.78, 5) is 14.0. The second-order valence-corrected chi connectivity index (χ2v) is 6.36. The third kappa shape index (κ3) is 4.20. The van der Waals surface area contributed by atoms with Gasteiger partial charge in [-0.15, -0.1) is 0 Å². The van der Waals surface area contributed by atoms with Gasteiger partial charge in [-0.2, -0.15) is 0 Å². The molecule has 0 saturated carbocycles. The molecular formula is C12H24N2O. The monoisotopic (exact) mass is 212 g/mol. The molecule has 0 aromatic carbocycles. The van der Waals surface area contributed by atoms with Gasteiger partial charge in [0.25, 0.3) is 0 Å². The number of rotatable bonds is 1. The number of hydrogen-bond acceptors (Lipinski definition) is 2. The van der Waals surface area contributed by atoms with Gasteiger partial charge in [-0.3, -0.25) is 4.79 Å². The molecule has 0 bridgehead atoms. The lowest BCUT2D eigenvalue weighted by Gasteiger charge is -2.40. The molecule has 3 heteroatoms. The normalized spacial score (nSPS) is 21.5. The van der Waals surface area contributed by atoms with Crippen LogP contribution in [-0.2, 0) is 4.79 Å². The third-order valence-corrected chi connectivity index (χ3v) is 2.61. The molecule has 1 aliphatic heterocycles. The molecule has 0 aromatic rings. The van der Waals surface area contributed by atoms with E-state index in [1.54, 1.807) is 0 Å². The molecule has 0 radical (unpaired) electrons. The summed E-state index contributed by atoms with van der Waals surface area (Å²) in [5.74, 6) is 0.289. The Bertz CT molecular complexity index is 240. The van der Waals surface area contributed by atoms with E-state index < -0.39 is 0 Å². The molecule has 1 saturated heterocycles. The van der Waals surface area contributed by atoms with Crippen LogP contribution in [0.25, 0.3) is 0 Å². The second kappa shape index (κ2) is 4.12. The Labute approximate surface area is 93.2 Å². The predicted molar refractivity (Wildman–Crippen MR) is 62.7 cm³/mol. The summed E-state index contributed by atoms with van der Waals surface area (Å²) in [5.41, 5.74) is 0.151. The van der Waals surface area contributed by atoms with Gasteiger partial charge in [-0.05, 0) is 19.3 Å². The molecule has 88 valence electrons. The van der Waals surface area contributed by atoms with Crippen LogP contribution < -0.4 is 5.32 Å². The van der Waals surface area contributed by atoms with Crippen LogP contribution in [0, 0.1) is 5.41 Å². The second-order valence-electron chi connectivity index (χ2n) is 6.36. The molecule has 15 heavy (non-hydrogen) atoms. The molecule has 1 aliphatic rings. The summed E-state index contributed by atoms with van der Waals surface area (Å²) in [6, 6.07) is 0. The van der Waals surface area contributed by atoms with Crippen LogP contribution in [0.4, 0.5) is 0 Å². The summed E-state index contributed by atoms with van der Waals surface area (Å²) in [5, 5.41) is 3.41. The third-order valence-electron chi connectivity index (χ3n) is 2.61. The van der Waals surface area contributed by atoms with Gasteiger partial charge in [0, 0.05) is 31.6 Å². The average molecular weight is 212 g/mol. The maximum absolute atomic E-state index is 12.0. The Morgan fingerprint density at radius 2 is 2.00 bits per heavy atom. The summed E-state index contributed by atoms with van der Waals surface area (Å²) in [7, 11) is 0. The molecule has 1 heterocycles. The number of nitrogens with zero attached hydrogens (tertiary/aromatic N) is 1. The first-order chi connectivity index (χ1) is 6.70. The van der Waals surface area contributed by atoms with Gasteiger partial charge in [0.1, 0.15) is 0 Å². The van der Waals surface area contributed by atoms with Gasteiger partial charge in [0.2, 0.25) is 5.91 Å². The van der Waals surface area contributed by atoms with Crippen molar-refractivity contribution in [3.8, 4) is 0 Å². The Morgan fingerprint density at radius 3 is 2.47 bits per heavy atom. The zero-order chi connectivity index (χ0) is 11.7. The number of amides is 1. The van der Waals surface area contributed by atoms with Gasteiger partial charge in [0.05, 0.1) is 0 Å². The molecule has 3 nitrogen and oxygen atoms in total. The summed E-state index contributed by atoms with van der Waals surface area (Å²) >= 11 is 0. The van der Waals surface area contributed by atoms with E-state index in [0.29, 0.717) is 6.42 Å². The van der Waals surface area contributed by atoms with Gasteiger partial charge < -0.3 is 10.2 Å². The van der Waals surface area contributed by atoms with Crippen molar-refractivity contribution in [3.63, 3.8) is 0 Å². The predicted octanol–water partition coefficient (Wildman–Crippen LogP) is 1.63. The van der Waals surface area contributed by atoms with Crippen LogP contribution in [0.15, 0.2) is 0 Å². The molecular weight excluding hydrogens is 188 g/mol. The first kappa shape index (κ1) is 12.5. The molecule has 0 unspecified atom stereocenters. The summed E-state index contributed by atoms with van der Waals surface area (Å²) in [6.45, 7) is 13.2. The minimum Gasteiger partial charge on any atom is -0.340 e. The fraction of sp³-hybridized carbons (Fsp3) is 0.917. The van der Waals surface area contributed by atoms with E-state index in [9.17, 15) is 4.79 Å². The average Bonchev–Trinajstić information content (AvgIpc) is 1.99.